The zero-order valence-corrected chi connectivity index (χ0v) is 17.8. The van der Waals surface area contributed by atoms with Gasteiger partial charge in [-0.25, -0.2) is 5.21 Å². The Hall–Kier alpha value is -3.47. The summed E-state index contributed by atoms with van der Waals surface area (Å²) in [5.41, 5.74) is 3.34. The van der Waals surface area contributed by atoms with Crippen LogP contribution in [0.2, 0.25) is 0 Å². The molecule has 10 heteroatoms. The van der Waals surface area contributed by atoms with Crippen LogP contribution in [-0.2, 0) is 13.0 Å². The number of pyridine rings is 1. The van der Waals surface area contributed by atoms with E-state index in [9.17, 15) is 20.0 Å². The smallest absolute Gasteiger partial charge is 0.315 e. The Balaban J connectivity index is 1.24. The second-order valence-electron chi connectivity index (χ2n) is 8.99. The van der Waals surface area contributed by atoms with Crippen molar-refractivity contribution in [3.8, 4) is 17.0 Å². The Morgan fingerprint density at radius 1 is 1.21 bits per heavy atom. The summed E-state index contributed by atoms with van der Waals surface area (Å²) in [4.78, 5) is 27.7. The molecule has 1 amide bonds. The first kappa shape index (κ1) is 20.2. The first-order chi connectivity index (χ1) is 16.0. The van der Waals surface area contributed by atoms with Crippen molar-refractivity contribution >= 4 is 11.6 Å². The molecule has 3 aliphatic heterocycles. The van der Waals surface area contributed by atoms with Gasteiger partial charge in [0.1, 0.15) is 11.4 Å². The van der Waals surface area contributed by atoms with E-state index in [0.29, 0.717) is 37.6 Å². The molecule has 2 bridgehead atoms. The van der Waals surface area contributed by atoms with Crippen LogP contribution in [0.3, 0.4) is 0 Å². The van der Waals surface area contributed by atoms with Crippen molar-refractivity contribution in [3.05, 3.63) is 68.9 Å². The fourth-order valence-corrected chi connectivity index (χ4v) is 5.37. The SMILES string of the molecule is O=C(c1cc(-c2ccc3c(c2)CCO3)n[nH]1)N1CC2C[C@@H](C1)Cn1c2ccc([NH+]([O-])O)c1=O. The molecule has 0 saturated carbocycles. The third kappa shape index (κ3) is 3.34. The van der Waals surface area contributed by atoms with Gasteiger partial charge in [-0.2, -0.15) is 10.3 Å². The average molecular weight is 449 g/mol. The van der Waals surface area contributed by atoms with Gasteiger partial charge in [-0.15, -0.1) is 0 Å². The quantitative estimate of drug-likeness (QED) is 0.509. The lowest BCUT2D eigenvalue weighted by molar-refractivity contribution is -0.992. The van der Waals surface area contributed by atoms with Gasteiger partial charge in [0.05, 0.1) is 12.3 Å². The number of aromatic amines is 1. The van der Waals surface area contributed by atoms with Crippen LogP contribution in [0.5, 0.6) is 5.75 Å². The van der Waals surface area contributed by atoms with E-state index in [1.54, 1.807) is 16.7 Å². The monoisotopic (exact) mass is 449 g/mol. The van der Waals surface area contributed by atoms with Gasteiger partial charge >= 0.3 is 5.56 Å². The predicted octanol–water partition coefficient (Wildman–Crippen LogP) is 0.836. The highest BCUT2D eigenvalue weighted by Crippen LogP contribution is 2.36. The zero-order valence-electron chi connectivity index (χ0n) is 17.8. The number of ether oxygens (including phenoxy) is 1. The second-order valence-corrected chi connectivity index (χ2v) is 8.99. The summed E-state index contributed by atoms with van der Waals surface area (Å²) in [5.74, 6) is 0.878. The summed E-state index contributed by atoms with van der Waals surface area (Å²) in [6, 6.07) is 10.8. The Kier molecular flexibility index (Phi) is 4.61. The first-order valence-electron chi connectivity index (χ1n) is 11.1. The van der Waals surface area contributed by atoms with Gasteiger partial charge in [0.2, 0.25) is 5.69 Å². The topological polar surface area (TPSA) is 128 Å². The van der Waals surface area contributed by atoms with E-state index >= 15 is 0 Å². The van der Waals surface area contributed by atoms with Gasteiger partial charge in [0, 0.05) is 49.3 Å². The van der Waals surface area contributed by atoms with Crippen LogP contribution >= 0.6 is 0 Å². The van der Waals surface area contributed by atoms with Gasteiger partial charge in [0.25, 0.3) is 5.91 Å². The number of benzene rings is 1. The molecular formula is C23H23N5O5. The van der Waals surface area contributed by atoms with Crippen molar-refractivity contribution < 1.29 is 20.0 Å². The van der Waals surface area contributed by atoms with Crippen LogP contribution in [0.4, 0.5) is 5.69 Å². The Labute approximate surface area is 188 Å². The van der Waals surface area contributed by atoms with Gasteiger partial charge in [-0.3, -0.25) is 14.7 Å². The molecule has 0 radical (unpaired) electrons. The number of nitrogens with one attached hydrogen (secondary N) is 2. The van der Waals surface area contributed by atoms with Crippen molar-refractivity contribution in [1.82, 2.24) is 19.7 Å². The number of hydrogen-bond acceptors (Lipinski definition) is 6. The summed E-state index contributed by atoms with van der Waals surface area (Å²) < 4.78 is 7.14. The average Bonchev–Trinajstić information content (AvgIpc) is 3.48. The summed E-state index contributed by atoms with van der Waals surface area (Å²) >= 11 is 0. The minimum atomic E-state index is -1.21. The number of nitrogens with zero attached hydrogens (tertiary/aromatic N) is 3. The van der Waals surface area contributed by atoms with Crippen molar-refractivity contribution in [1.29, 1.82) is 0 Å². The van der Waals surface area contributed by atoms with Crippen molar-refractivity contribution in [3.63, 3.8) is 0 Å². The molecule has 3 atom stereocenters. The number of carbonyl (C=O) groups is 1. The molecule has 3 N–H and O–H groups in total. The molecule has 2 aromatic heterocycles. The molecule has 0 aliphatic carbocycles. The van der Waals surface area contributed by atoms with Crippen LogP contribution in [-0.4, -0.2) is 50.5 Å². The lowest BCUT2D eigenvalue weighted by Gasteiger charge is -2.42. The molecular weight excluding hydrogens is 426 g/mol. The summed E-state index contributed by atoms with van der Waals surface area (Å²) in [6.45, 7) is 2.10. The molecule has 6 rings (SSSR count). The largest absolute Gasteiger partial charge is 0.595 e. The number of hydrogen-bond donors (Lipinski definition) is 3. The Bertz CT molecular complexity index is 1310. The fraction of sp³-hybridized carbons (Fsp3) is 0.348. The summed E-state index contributed by atoms with van der Waals surface area (Å²) in [5, 5.41) is 26.6. The van der Waals surface area contributed by atoms with E-state index < -0.39 is 10.8 Å². The Morgan fingerprint density at radius 2 is 2.09 bits per heavy atom. The minimum absolute atomic E-state index is 0.00361. The van der Waals surface area contributed by atoms with E-state index in [1.807, 2.05) is 17.0 Å². The van der Waals surface area contributed by atoms with E-state index in [0.717, 1.165) is 35.4 Å². The molecule has 2 unspecified atom stereocenters. The lowest BCUT2D eigenvalue weighted by atomic mass is 9.83. The molecule has 1 saturated heterocycles. The van der Waals surface area contributed by atoms with Gasteiger partial charge < -0.3 is 19.4 Å². The van der Waals surface area contributed by atoms with Crippen LogP contribution in [0.1, 0.15) is 34.1 Å². The number of amides is 1. The summed E-state index contributed by atoms with van der Waals surface area (Å²) in [6.07, 6.45) is 1.75. The molecule has 33 heavy (non-hydrogen) atoms. The maximum absolute atomic E-state index is 13.3. The molecule has 10 nitrogen and oxygen atoms in total. The van der Waals surface area contributed by atoms with Crippen LogP contribution in [0.15, 0.2) is 41.2 Å². The van der Waals surface area contributed by atoms with Gasteiger partial charge in [-0.1, -0.05) is 0 Å². The minimum Gasteiger partial charge on any atom is -0.595 e. The molecule has 5 heterocycles. The van der Waals surface area contributed by atoms with Crippen LogP contribution in [0, 0.1) is 11.1 Å². The third-order valence-corrected chi connectivity index (χ3v) is 6.92. The number of quaternary nitrogens is 1. The van der Waals surface area contributed by atoms with Crippen LogP contribution in [0.25, 0.3) is 11.3 Å². The standard InChI is InChI=1S/C23H23N5O5/c29-22(18-9-17(24-25-18)14-1-4-21-15(8-14)5-6-33-21)26-10-13-7-16(12-26)19-2-3-20(28(31)32)23(30)27(19)11-13/h1-4,8-9,13,16,28,31H,5-7,10-12H2,(H,24,25)/t13-,16?/m0/s1. The highest BCUT2D eigenvalue weighted by atomic mass is 16.8. The molecule has 0 spiro atoms. The van der Waals surface area contributed by atoms with Crippen molar-refractivity contribution in [2.24, 2.45) is 5.92 Å². The van der Waals surface area contributed by atoms with E-state index in [2.05, 4.69) is 16.3 Å². The first-order valence-corrected chi connectivity index (χ1v) is 11.1. The lowest BCUT2D eigenvalue weighted by Crippen LogP contribution is -3.00. The zero-order chi connectivity index (χ0) is 22.7. The van der Waals surface area contributed by atoms with Crippen molar-refractivity contribution in [2.45, 2.75) is 25.3 Å². The number of H-pyrrole nitrogens is 1. The number of carbonyl (C=O) groups excluding carboxylic acids is 1. The molecule has 1 aromatic carbocycles. The summed E-state index contributed by atoms with van der Waals surface area (Å²) in [7, 11) is 0. The van der Waals surface area contributed by atoms with Gasteiger partial charge in [-0.05, 0) is 48.2 Å². The van der Waals surface area contributed by atoms with Crippen LogP contribution < -0.4 is 15.5 Å². The number of aromatic nitrogens is 3. The third-order valence-electron chi connectivity index (χ3n) is 6.92. The number of rotatable bonds is 3. The predicted molar refractivity (Wildman–Crippen MR) is 116 cm³/mol. The molecule has 1 fully saturated rings. The molecule has 170 valence electrons. The number of fused-ring (bicyclic) bond motifs is 5. The van der Waals surface area contributed by atoms with Crippen molar-refractivity contribution in [2.75, 3.05) is 19.7 Å². The van der Waals surface area contributed by atoms with Gasteiger partial charge in [0.15, 0.2) is 0 Å². The second kappa shape index (κ2) is 7.55. The highest BCUT2D eigenvalue weighted by Gasteiger charge is 2.37. The molecule has 3 aromatic rings. The maximum atomic E-state index is 13.3. The molecule has 3 aliphatic rings. The normalized spacial score (nSPS) is 21.8. The Morgan fingerprint density at radius 3 is 2.94 bits per heavy atom. The fourth-order valence-electron chi connectivity index (χ4n) is 5.37. The maximum Gasteiger partial charge on any atom is 0.315 e. The van der Waals surface area contributed by atoms with E-state index in [4.69, 9.17) is 4.74 Å². The number of piperidine rings is 1. The van der Waals surface area contributed by atoms with E-state index in [1.165, 1.54) is 6.07 Å². The number of likely N-dealkylation sites (tertiary alicyclic amines) is 1. The highest BCUT2D eigenvalue weighted by molar-refractivity contribution is 5.93. The van der Waals surface area contributed by atoms with E-state index in [-0.39, 0.29) is 23.4 Å².